The van der Waals surface area contributed by atoms with E-state index in [1.54, 1.807) is 18.7 Å². The van der Waals surface area contributed by atoms with E-state index >= 15 is 0 Å². The van der Waals surface area contributed by atoms with E-state index in [0.717, 1.165) is 11.4 Å². The third-order valence-electron chi connectivity index (χ3n) is 2.61. The maximum Gasteiger partial charge on any atom is 0.317 e. The van der Waals surface area contributed by atoms with Gasteiger partial charge in [-0.1, -0.05) is 6.07 Å². The van der Waals surface area contributed by atoms with E-state index in [2.05, 4.69) is 10.3 Å². The van der Waals surface area contributed by atoms with Crippen LogP contribution in [0.2, 0.25) is 0 Å². The largest absolute Gasteiger partial charge is 0.389 e. The van der Waals surface area contributed by atoms with Crippen LogP contribution in [-0.4, -0.2) is 39.7 Å². The Kier molecular flexibility index (Phi) is 5.30. The zero-order valence-electron chi connectivity index (χ0n) is 12.1. The number of aromatic nitrogens is 1. The Morgan fingerprint density at radius 3 is 2.68 bits per heavy atom. The van der Waals surface area contributed by atoms with Crippen molar-refractivity contribution in [2.75, 3.05) is 13.1 Å². The summed E-state index contributed by atoms with van der Waals surface area (Å²) in [6.45, 7) is 8.42. The minimum atomic E-state index is -0.894. The number of aliphatic hydroxyl groups is 1. The molecule has 0 saturated heterocycles. The summed E-state index contributed by atoms with van der Waals surface area (Å²) in [6, 6.07) is 5.52. The van der Waals surface area contributed by atoms with Gasteiger partial charge in [-0.2, -0.15) is 0 Å². The standard InChI is InChI=1S/C14H23N3O2/c1-5-17(10-14(3,4)19)13(18)15-9-12-8-6-7-11(2)16-12/h6-8,19H,5,9-10H2,1-4H3,(H,15,18). The van der Waals surface area contributed by atoms with Crippen LogP contribution in [0, 0.1) is 6.92 Å². The molecule has 2 N–H and O–H groups in total. The number of urea groups is 1. The Bertz CT molecular complexity index is 427. The van der Waals surface area contributed by atoms with E-state index in [-0.39, 0.29) is 6.03 Å². The van der Waals surface area contributed by atoms with Crippen molar-refractivity contribution in [2.45, 2.75) is 39.8 Å². The molecule has 1 heterocycles. The molecule has 0 fully saturated rings. The van der Waals surface area contributed by atoms with E-state index < -0.39 is 5.60 Å². The van der Waals surface area contributed by atoms with Gasteiger partial charge in [0, 0.05) is 12.2 Å². The predicted molar refractivity (Wildman–Crippen MR) is 74.8 cm³/mol. The summed E-state index contributed by atoms with van der Waals surface area (Å²) < 4.78 is 0. The van der Waals surface area contributed by atoms with Crippen LogP contribution < -0.4 is 5.32 Å². The number of amides is 2. The van der Waals surface area contributed by atoms with Crippen molar-refractivity contribution in [3.63, 3.8) is 0 Å². The number of hydrogen-bond donors (Lipinski definition) is 2. The molecule has 0 atom stereocenters. The van der Waals surface area contributed by atoms with Gasteiger partial charge in [0.05, 0.1) is 24.4 Å². The Morgan fingerprint density at radius 1 is 1.47 bits per heavy atom. The lowest BCUT2D eigenvalue weighted by molar-refractivity contribution is 0.0479. The molecule has 0 bridgehead atoms. The monoisotopic (exact) mass is 265 g/mol. The Labute approximate surface area is 114 Å². The van der Waals surface area contributed by atoms with Gasteiger partial charge in [0.2, 0.25) is 0 Å². The highest BCUT2D eigenvalue weighted by Gasteiger charge is 2.20. The van der Waals surface area contributed by atoms with Gasteiger partial charge in [-0.3, -0.25) is 4.98 Å². The van der Waals surface area contributed by atoms with Gasteiger partial charge in [0.15, 0.2) is 0 Å². The molecule has 0 spiro atoms. The van der Waals surface area contributed by atoms with Gasteiger partial charge in [-0.05, 0) is 39.8 Å². The van der Waals surface area contributed by atoms with Crippen molar-refractivity contribution in [2.24, 2.45) is 0 Å². The number of carbonyl (C=O) groups is 1. The van der Waals surface area contributed by atoms with E-state index in [9.17, 15) is 9.90 Å². The summed E-state index contributed by atoms with van der Waals surface area (Å²) in [5, 5.41) is 12.6. The first-order valence-corrected chi connectivity index (χ1v) is 6.49. The molecule has 1 aromatic rings. The van der Waals surface area contributed by atoms with Crippen LogP contribution in [-0.2, 0) is 6.54 Å². The molecule has 0 aliphatic carbocycles. The minimum Gasteiger partial charge on any atom is -0.389 e. The maximum absolute atomic E-state index is 12.0. The lowest BCUT2D eigenvalue weighted by Gasteiger charge is -2.28. The van der Waals surface area contributed by atoms with E-state index in [4.69, 9.17) is 0 Å². The molecular formula is C14H23N3O2. The van der Waals surface area contributed by atoms with Crippen LogP contribution in [0.15, 0.2) is 18.2 Å². The quantitative estimate of drug-likeness (QED) is 0.851. The Hall–Kier alpha value is -1.62. The van der Waals surface area contributed by atoms with Gasteiger partial charge in [0.1, 0.15) is 0 Å². The first kappa shape index (κ1) is 15.4. The molecule has 106 valence electrons. The minimum absolute atomic E-state index is 0.187. The molecule has 0 unspecified atom stereocenters. The van der Waals surface area contributed by atoms with Crippen LogP contribution in [0.1, 0.15) is 32.2 Å². The van der Waals surface area contributed by atoms with Gasteiger partial charge >= 0.3 is 6.03 Å². The molecule has 19 heavy (non-hydrogen) atoms. The third-order valence-corrected chi connectivity index (χ3v) is 2.61. The fraction of sp³-hybridized carbons (Fsp3) is 0.571. The first-order valence-electron chi connectivity index (χ1n) is 6.49. The average molecular weight is 265 g/mol. The Balaban J connectivity index is 2.54. The molecule has 0 radical (unpaired) electrons. The van der Waals surface area contributed by atoms with Crippen LogP contribution in [0.3, 0.4) is 0 Å². The van der Waals surface area contributed by atoms with Crippen molar-refractivity contribution >= 4 is 6.03 Å². The number of nitrogens with one attached hydrogen (secondary N) is 1. The number of pyridine rings is 1. The third kappa shape index (κ3) is 5.70. The first-order chi connectivity index (χ1) is 8.81. The van der Waals surface area contributed by atoms with Crippen molar-refractivity contribution in [1.82, 2.24) is 15.2 Å². The molecule has 5 nitrogen and oxygen atoms in total. The van der Waals surface area contributed by atoms with Gasteiger partial charge < -0.3 is 15.3 Å². The van der Waals surface area contributed by atoms with Gasteiger partial charge in [-0.15, -0.1) is 0 Å². The highest BCUT2D eigenvalue weighted by molar-refractivity contribution is 5.74. The normalized spacial score (nSPS) is 11.2. The van der Waals surface area contributed by atoms with E-state index in [0.29, 0.717) is 19.6 Å². The molecule has 5 heteroatoms. The summed E-state index contributed by atoms with van der Waals surface area (Å²) in [6.07, 6.45) is 0. The lowest BCUT2D eigenvalue weighted by Crippen LogP contribution is -2.46. The number of rotatable bonds is 5. The smallest absolute Gasteiger partial charge is 0.317 e. The van der Waals surface area contributed by atoms with Crippen LogP contribution in [0.25, 0.3) is 0 Å². The zero-order chi connectivity index (χ0) is 14.5. The second-order valence-electron chi connectivity index (χ2n) is 5.26. The zero-order valence-corrected chi connectivity index (χ0v) is 12.1. The number of aryl methyl sites for hydroxylation is 1. The molecule has 0 aromatic carbocycles. The summed E-state index contributed by atoms with van der Waals surface area (Å²) in [4.78, 5) is 17.9. The van der Waals surface area contributed by atoms with E-state index in [1.165, 1.54) is 0 Å². The predicted octanol–water partition coefficient (Wildman–Crippen LogP) is 1.69. The summed E-state index contributed by atoms with van der Waals surface area (Å²) >= 11 is 0. The fourth-order valence-electron chi connectivity index (χ4n) is 1.77. The maximum atomic E-state index is 12.0. The fourth-order valence-corrected chi connectivity index (χ4v) is 1.77. The summed E-state index contributed by atoms with van der Waals surface area (Å²) in [5.41, 5.74) is 0.859. The van der Waals surface area contributed by atoms with Crippen LogP contribution in [0.5, 0.6) is 0 Å². The highest BCUT2D eigenvalue weighted by Crippen LogP contribution is 2.05. The summed E-state index contributed by atoms with van der Waals surface area (Å²) in [7, 11) is 0. The SMILES string of the molecule is CCN(CC(C)(C)O)C(=O)NCc1cccc(C)n1. The number of hydrogen-bond acceptors (Lipinski definition) is 3. The second kappa shape index (κ2) is 6.52. The van der Waals surface area contributed by atoms with Crippen LogP contribution >= 0.6 is 0 Å². The topological polar surface area (TPSA) is 65.5 Å². The van der Waals surface area contributed by atoms with Crippen molar-refractivity contribution < 1.29 is 9.90 Å². The number of likely N-dealkylation sites (N-methyl/N-ethyl adjacent to an activating group) is 1. The molecule has 2 amide bonds. The molecule has 0 aliphatic rings. The van der Waals surface area contributed by atoms with Crippen molar-refractivity contribution in [3.8, 4) is 0 Å². The summed E-state index contributed by atoms with van der Waals surface area (Å²) in [5.74, 6) is 0. The molecule has 0 aliphatic heterocycles. The molecule has 1 aromatic heterocycles. The molecular weight excluding hydrogens is 242 g/mol. The van der Waals surface area contributed by atoms with Crippen molar-refractivity contribution in [3.05, 3.63) is 29.6 Å². The molecule has 1 rings (SSSR count). The second-order valence-corrected chi connectivity index (χ2v) is 5.26. The lowest BCUT2D eigenvalue weighted by atomic mass is 10.1. The highest BCUT2D eigenvalue weighted by atomic mass is 16.3. The number of nitrogens with zero attached hydrogens (tertiary/aromatic N) is 2. The van der Waals surface area contributed by atoms with Gasteiger partial charge in [-0.25, -0.2) is 4.79 Å². The number of carbonyl (C=O) groups excluding carboxylic acids is 1. The van der Waals surface area contributed by atoms with Crippen LogP contribution in [0.4, 0.5) is 4.79 Å². The van der Waals surface area contributed by atoms with Crippen molar-refractivity contribution in [1.29, 1.82) is 0 Å². The van der Waals surface area contributed by atoms with E-state index in [1.807, 2.05) is 32.0 Å². The average Bonchev–Trinajstić information content (AvgIpc) is 2.32. The Morgan fingerprint density at radius 2 is 2.16 bits per heavy atom. The van der Waals surface area contributed by atoms with Gasteiger partial charge in [0.25, 0.3) is 0 Å². The molecule has 0 saturated carbocycles.